The zero-order valence-corrected chi connectivity index (χ0v) is 13.6. The van der Waals surface area contributed by atoms with Crippen LogP contribution in [0.5, 0.6) is 11.5 Å². The van der Waals surface area contributed by atoms with Gasteiger partial charge in [-0.3, -0.25) is 4.79 Å². The molecule has 0 radical (unpaired) electrons. The van der Waals surface area contributed by atoms with Gasteiger partial charge in [0.15, 0.2) is 23.0 Å². The topological polar surface area (TPSA) is 73.6 Å². The lowest BCUT2D eigenvalue weighted by atomic mass is 10.3. The molecule has 0 saturated heterocycles. The number of aromatic nitrogens is 1. The quantitative estimate of drug-likeness (QED) is 0.786. The highest BCUT2D eigenvalue weighted by molar-refractivity contribution is 6.30. The summed E-state index contributed by atoms with van der Waals surface area (Å²) in [4.78, 5) is 11.8. The number of ether oxygens (including phenoxy) is 2. The summed E-state index contributed by atoms with van der Waals surface area (Å²) < 4.78 is 15.9. The van der Waals surface area contributed by atoms with Crippen molar-refractivity contribution in [3.63, 3.8) is 0 Å². The number of nitrogens with zero attached hydrogens (tertiary/aromatic N) is 1. The van der Waals surface area contributed by atoms with Crippen LogP contribution in [0.1, 0.15) is 23.2 Å². The van der Waals surface area contributed by atoms with Crippen molar-refractivity contribution in [2.24, 2.45) is 0 Å². The second-order valence-corrected chi connectivity index (χ2v) is 5.34. The van der Waals surface area contributed by atoms with Gasteiger partial charge in [-0.25, -0.2) is 0 Å². The van der Waals surface area contributed by atoms with E-state index in [1.54, 1.807) is 18.2 Å². The van der Waals surface area contributed by atoms with E-state index in [9.17, 15) is 4.79 Å². The van der Waals surface area contributed by atoms with E-state index in [0.29, 0.717) is 28.8 Å². The van der Waals surface area contributed by atoms with Gasteiger partial charge in [0.1, 0.15) is 6.61 Å². The summed E-state index contributed by atoms with van der Waals surface area (Å²) in [6.45, 7) is 6.03. The molecule has 2 rings (SSSR count). The van der Waals surface area contributed by atoms with E-state index in [4.69, 9.17) is 25.6 Å². The number of halogens is 1. The van der Waals surface area contributed by atoms with Crippen LogP contribution >= 0.6 is 11.6 Å². The summed E-state index contributed by atoms with van der Waals surface area (Å²) in [7, 11) is 1.52. The molecule has 1 aromatic carbocycles. The average Bonchev–Trinajstić information content (AvgIpc) is 3.00. The highest BCUT2D eigenvalue weighted by Crippen LogP contribution is 2.30. The van der Waals surface area contributed by atoms with E-state index in [-0.39, 0.29) is 18.2 Å². The molecule has 0 bridgehead atoms. The molecule has 1 heterocycles. The van der Waals surface area contributed by atoms with Crippen molar-refractivity contribution in [3.8, 4) is 11.5 Å². The van der Waals surface area contributed by atoms with Crippen molar-refractivity contribution >= 4 is 17.5 Å². The van der Waals surface area contributed by atoms with Crippen molar-refractivity contribution in [2.45, 2.75) is 13.5 Å². The first kappa shape index (κ1) is 16.9. The second kappa shape index (κ2) is 7.69. The summed E-state index contributed by atoms with van der Waals surface area (Å²) in [6, 6.07) is 6.55. The predicted molar refractivity (Wildman–Crippen MR) is 86.0 cm³/mol. The molecule has 1 amide bonds. The summed E-state index contributed by atoms with van der Waals surface area (Å²) in [5.74, 6) is 1.12. The smallest absolute Gasteiger partial charge is 0.273 e. The Bertz CT molecular complexity index is 712. The molecule has 0 spiro atoms. The molecule has 7 heteroatoms. The van der Waals surface area contributed by atoms with Gasteiger partial charge >= 0.3 is 0 Å². The highest BCUT2D eigenvalue weighted by atomic mass is 35.5. The van der Waals surface area contributed by atoms with E-state index in [1.807, 2.05) is 6.92 Å². The Balaban J connectivity index is 1.97. The third-order valence-corrected chi connectivity index (χ3v) is 3.07. The predicted octanol–water partition coefficient (Wildman–Crippen LogP) is 3.22. The fraction of sp³-hybridized carbons (Fsp3) is 0.250. The number of rotatable bonds is 7. The van der Waals surface area contributed by atoms with Crippen LogP contribution in [0.2, 0.25) is 5.02 Å². The van der Waals surface area contributed by atoms with Crippen molar-refractivity contribution < 1.29 is 18.8 Å². The van der Waals surface area contributed by atoms with Gasteiger partial charge < -0.3 is 19.3 Å². The van der Waals surface area contributed by atoms with Gasteiger partial charge in [0.05, 0.1) is 7.11 Å². The maximum absolute atomic E-state index is 11.8. The Morgan fingerprint density at radius 3 is 2.87 bits per heavy atom. The van der Waals surface area contributed by atoms with Crippen LogP contribution in [-0.2, 0) is 6.61 Å². The normalized spacial score (nSPS) is 10.2. The lowest BCUT2D eigenvalue weighted by Gasteiger charge is -2.09. The second-order valence-electron chi connectivity index (χ2n) is 4.90. The zero-order valence-electron chi connectivity index (χ0n) is 12.9. The van der Waals surface area contributed by atoms with Crippen LogP contribution in [0.3, 0.4) is 0 Å². The van der Waals surface area contributed by atoms with Gasteiger partial charge in [-0.2, -0.15) is 0 Å². The fourth-order valence-corrected chi connectivity index (χ4v) is 1.88. The molecule has 0 aliphatic heterocycles. The Hall–Kier alpha value is -2.47. The molecule has 1 aromatic heterocycles. The molecule has 0 aliphatic carbocycles. The van der Waals surface area contributed by atoms with Gasteiger partial charge in [0.25, 0.3) is 5.91 Å². The molecular weight excluding hydrogens is 320 g/mol. The van der Waals surface area contributed by atoms with Gasteiger partial charge in [0, 0.05) is 23.7 Å². The minimum atomic E-state index is -0.327. The van der Waals surface area contributed by atoms with E-state index < -0.39 is 0 Å². The van der Waals surface area contributed by atoms with Crippen LogP contribution in [0, 0.1) is 0 Å². The first-order chi connectivity index (χ1) is 11.0. The number of hydrogen-bond acceptors (Lipinski definition) is 5. The van der Waals surface area contributed by atoms with E-state index in [0.717, 1.165) is 5.57 Å². The fourth-order valence-electron chi connectivity index (χ4n) is 1.72. The summed E-state index contributed by atoms with van der Waals surface area (Å²) in [5.41, 5.74) is 1.04. The Morgan fingerprint density at radius 2 is 2.17 bits per heavy atom. The molecule has 23 heavy (non-hydrogen) atoms. The molecule has 6 nitrogen and oxygen atoms in total. The molecule has 0 atom stereocenters. The van der Waals surface area contributed by atoms with Crippen molar-refractivity contribution in [2.75, 3.05) is 13.7 Å². The molecule has 0 fully saturated rings. The molecule has 122 valence electrons. The van der Waals surface area contributed by atoms with E-state index in [2.05, 4.69) is 17.1 Å². The van der Waals surface area contributed by atoms with Crippen LogP contribution < -0.4 is 14.8 Å². The van der Waals surface area contributed by atoms with Crippen LogP contribution in [0.25, 0.3) is 0 Å². The van der Waals surface area contributed by atoms with E-state index in [1.165, 1.54) is 13.2 Å². The maximum atomic E-state index is 11.8. The first-order valence-electron chi connectivity index (χ1n) is 6.84. The summed E-state index contributed by atoms with van der Waals surface area (Å²) in [6.07, 6.45) is 0. The van der Waals surface area contributed by atoms with Crippen molar-refractivity contribution in [3.05, 3.63) is 52.9 Å². The lowest BCUT2D eigenvalue weighted by Crippen LogP contribution is -2.25. The summed E-state index contributed by atoms with van der Waals surface area (Å²) in [5, 5.41) is 6.93. The Morgan fingerprint density at radius 1 is 1.39 bits per heavy atom. The number of nitrogens with one attached hydrogen (secondary N) is 1. The number of benzene rings is 1. The third-order valence-electron chi connectivity index (χ3n) is 2.84. The Labute approximate surface area is 139 Å². The lowest BCUT2D eigenvalue weighted by molar-refractivity contribution is 0.0947. The van der Waals surface area contributed by atoms with Gasteiger partial charge in [-0.1, -0.05) is 28.9 Å². The standard InChI is InChI=1S/C16H17ClN2O4/c1-10(2)8-18-16(20)13-7-12(23-19-13)9-22-14-5-4-11(17)6-15(14)21-3/h4-7H,1,8-9H2,2-3H3,(H,18,20). The third kappa shape index (κ3) is 4.75. The minimum Gasteiger partial charge on any atom is -0.493 e. The van der Waals surface area contributed by atoms with Crippen molar-refractivity contribution in [1.29, 1.82) is 0 Å². The molecule has 0 aliphatic rings. The number of methoxy groups -OCH3 is 1. The highest BCUT2D eigenvalue weighted by Gasteiger charge is 2.13. The first-order valence-corrected chi connectivity index (χ1v) is 7.22. The molecule has 0 unspecified atom stereocenters. The van der Waals surface area contributed by atoms with Crippen LogP contribution in [0.15, 0.2) is 40.9 Å². The number of amides is 1. The largest absolute Gasteiger partial charge is 0.493 e. The minimum absolute atomic E-state index is 0.110. The van der Waals surface area contributed by atoms with Crippen LogP contribution in [-0.4, -0.2) is 24.7 Å². The molecule has 1 N–H and O–H groups in total. The molecule has 2 aromatic rings. The van der Waals surface area contributed by atoms with Gasteiger partial charge in [-0.15, -0.1) is 0 Å². The zero-order chi connectivity index (χ0) is 16.8. The number of carbonyl (C=O) groups excluding carboxylic acids is 1. The van der Waals surface area contributed by atoms with Crippen molar-refractivity contribution in [1.82, 2.24) is 10.5 Å². The average molecular weight is 337 g/mol. The van der Waals surface area contributed by atoms with Gasteiger partial charge in [-0.05, 0) is 19.1 Å². The maximum Gasteiger partial charge on any atom is 0.273 e. The number of hydrogen-bond donors (Lipinski definition) is 1. The number of carbonyl (C=O) groups is 1. The van der Waals surface area contributed by atoms with E-state index >= 15 is 0 Å². The molecular formula is C16H17ClN2O4. The molecule has 0 saturated carbocycles. The Kier molecular flexibility index (Phi) is 5.65. The van der Waals surface area contributed by atoms with Crippen LogP contribution in [0.4, 0.5) is 0 Å². The summed E-state index contributed by atoms with van der Waals surface area (Å²) >= 11 is 5.89. The van der Waals surface area contributed by atoms with Gasteiger partial charge in [0.2, 0.25) is 0 Å². The monoisotopic (exact) mass is 336 g/mol. The SMILES string of the molecule is C=C(C)CNC(=O)c1cc(COc2ccc(Cl)cc2OC)on1.